The van der Waals surface area contributed by atoms with Gasteiger partial charge >= 0.3 is 0 Å². The van der Waals surface area contributed by atoms with Crippen LogP contribution in [-0.2, 0) is 14.8 Å². The maximum absolute atomic E-state index is 13.2. The maximum atomic E-state index is 13.2. The first-order chi connectivity index (χ1) is 11.3. The summed E-state index contributed by atoms with van der Waals surface area (Å²) >= 11 is 0. The van der Waals surface area contributed by atoms with E-state index in [1.54, 1.807) is 26.0 Å². The van der Waals surface area contributed by atoms with E-state index in [9.17, 15) is 13.2 Å². The highest BCUT2D eigenvalue weighted by Crippen LogP contribution is 2.33. The predicted octanol–water partition coefficient (Wildman–Crippen LogP) is 1.46. The van der Waals surface area contributed by atoms with Gasteiger partial charge in [0, 0.05) is 13.1 Å². The van der Waals surface area contributed by atoms with Crippen LogP contribution in [0.3, 0.4) is 0 Å². The number of carbonyl (C=O) groups is 1. The van der Waals surface area contributed by atoms with Crippen LogP contribution in [0.2, 0.25) is 0 Å². The Morgan fingerprint density at radius 2 is 1.96 bits per heavy atom. The Hall–Kier alpha value is -2.19. The number of sulfonamides is 1. The second-order valence-corrected chi connectivity index (χ2v) is 7.65. The lowest BCUT2D eigenvalue weighted by atomic mass is 9.99. The molecule has 1 N–H and O–H groups in total. The summed E-state index contributed by atoms with van der Waals surface area (Å²) in [5.41, 5.74) is 1.82. The zero-order valence-electron chi connectivity index (χ0n) is 13.7. The molecule has 3 rings (SSSR count). The summed E-state index contributed by atoms with van der Waals surface area (Å²) in [6, 6.07) is 6.38. The molecule has 1 fully saturated rings. The van der Waals surface area contributed by atoms with Gasteiger partial charge in [0.1, 0.15) is 16.6 Å². The van der Waals surface area contributed by atoms with Gasteiger partial charge < -0.3 is 9.84 Å². The van der Waals surface area contributed by atoms with Crippen molar-refractivity contribution in [2.75, 3.05) is 13.1 Å². The Bertz CT molecular complexity index is 869. The third-order valence-corrected chi connectivity index (χ3v) is 6.29. The van der Waals surface area contributed by atoms with Gasteiger partial charge in [-0.2, -0.15) is 4.31 Å². The van der Waals surface area contributed by atoms with Crippen LogP contribution < -0.4 is 5.32 Å². The van der Waals surface area contributed by atoms with Gasteiger partial charge in [0.05, 0.1) is 0 Å². The van der Waals surface area contributed by atoms with E-state index in [2.05, 4.69) is 10.5 Å². The van der Waals surface area contributed by atoms with Gasteiger partial charge in [-0.1, -0.05) is 29.4 Å². The molecular weight excluding hydrogens is 330 g/mol. The summed E-state index contributed by atoms with van der Waals surface area (Å²) in [5.74, 6) is -0.104. The molecule has 1 aromatic carbocycles. The number of nitrogens with zero attached hydrogens (tertiary/aromatic N) is 2. The largest absolute Gasteiger partial charge is 0.360 e. The predicted molar refractivity (Wildman–Crippen MR) is 86.8 cm³/mol. The van der Waals surface area contributed by atoms with Crippen LogP contribution in [0.5, 0.6) is 0 Å². The van der Waals surface area contributed by atoms with Gasteiger partial charge in [0.2, 0.25) is 15.9 Å². The molecule has 128 valence electrons. The number of benzene rings is 1. The van der Waals surface area contributed by atoms with Crippen LogP contribution in [0.15, 0.2) is 33.7 Å². The fraction of sp³-hybridized carbons (Fsp3) is 0.375. The Kier molecular flexibility index (Phi) is 4.18. The molecule has 1 amide bonds. The van der Waals surface area contributed by atoms with Gasteiger partial charge in [-0.05, 0) is 31.9 Å². The summed E-state index contributed by atoms with van der Waals surface area (Å²) in [4.78, 5) is 12.5. The van der Waals surface area contributed by atoms with Gasteiger partial charge in [-0.3, -0.25) is 4.79 Å². The topological polar surface area (TPSA) is 92.5 Å². The highest BCUT2D eigenvalue weighted by atomic mass is 32.2. The molecule has 0 saturated carbocycles. The minimum absolute atomic E-state index is 0.0378. The molecule has 2 aromatic rings. The first-order valence-corrected chi connectivity index (χ1v) is 9.06. The van der Waals surface area contributed by atoms with Crippen molar-refractivity contribution in [3.05, 3.63) is 46.8 Å². The molecule has 1 saturated heterocycles. The molecule has 7 nitrogen and oxygen atoms in total. The molecule has 1 aromatic heterocycles. The Morgan fingerprint density at radius 1 is 1.25 bits per heavy atom. The number of aryl methyl sites for hydroxylation is 3. The van der Waals surface area contributed by atoms with Gasteiger partial charge in [0.15, 0.2) is 5.76 Å². The molecule has 0 spiro atoms. The molecule has 1 aliphatic heterocycles. The van der Waals surface area contributed by atoms with Crippen molar-refractivity contribution in [1.29, 1.82) is 0 Å². The van der Waals surface area contributed by atoms with Crippen LogP contribution in [0.4, 0.5) is 0 Å². The van der Waals surface area contributed by atoms with Crippen molar-refractivity contribution in [2.45, 2.75) is 31.7 Å². The number of nitrogens with one attached hydrogen (secondary N) is 1. The lowest BCUT2D eigenvalue weighted by molar-refractivity contribution is -0.126. The molecule has 0 radical (unpaired) electrons. The number of piperazine rings is 1. The Morgan fingerprint density at radius 3 is 2.58 bits per heavy atom. The minimum Gasteiger partial charge on any atom is -0.360 e. The van der Waals surface area contributed by atoms with Crippen molar-refractivity contribution in [3.63, 3.8) is 0 Å². The lowest BCUT2D eigenvalue weighted by Crippen LogP contribution is -2.52. The van der Waals surface area contributed by atoms with E-state index >= 15 is 0 Å². The summed E-state index contributed by atoms with van der Waals surface area (Å²) in [6.45, 7) is 5.45. The second-order valence-electron chi connectivity index (χ2n) is 5.82. The molecule has 1 aliphatic rings. The smallest absolute Gasteiger partial charge is 0.249 e. The molecule has 1 unspecified atom stereocenters. The molecular formula is C16H19N3O4S. The van der Waals surface area contributed by atoms with Crippen LogP contribution >= 0.6 is 0 Å². The number of hydrogen-bond acceptors (Lipinski definition) is 5. The number of hydrogen-bond donors (Lipinski definition) is 1. The molecule has 24 heavy (non-hydrogen) atoms. The highest BCUT2D eigenvalue weighted by Gasteiger charge is 2.42. The van der Waals surface area contributed by atoms with Crippen molar-refractivity contribution in [1.82, 2.24) is 14.8 Å². The van der Waals surface area contributed by atoms with Crippen LogP contribution in [0.25, 0.3) is 0 Å². The van der Waals surface area contributed by atoms with Crippen LogP contribution in [0, 0.1) is 20.8 Å². The van der Waals surface area contributed by atoms with Crippen molar-refractivity contribution in [3.8, 4) is 0 Å². The second kappa shape index (κ2) is 6.03. The number of aromatic nitrogens is 1. The molecule has 1 atom stereocenters. The molecule has 0 aliphatic carbocycles. The van der Waals surface area contributed by atoms with Crippen molar-refractivity contribution in [2.24, 2.45) is 0 Å². The van der Waals surface area contributed by atoms with Crippen molar-refractivity contribution < 1.29 is 17.7 Å². The van der Waals surface area contributed by atoms with E-state index in [1.165, 1.54) is 4.31 Å². The number of amides is 1. The summed E-state index contributed by atoms with van der Waals surface area (Å²) in [6.07, 6.45) is 0. The van der Waals surface area contributed by atoms with E-state index in [4.69, 9.17) is 4.52 Å². The van der Waals surface area contributed by atoms with Gasteiger partial charge in [0.25, 0.3) is 0 Å². The number of carbonyl (C=O) groups excluding carboxylic acids is 1. The lowest BCUT2D eigenvalue weighted by Gasteiger charge is -2.34. The summed E-state index contributed by atoms with van der Waals surface area (Å²) < 4.78 is 32.6. The minimum atomic E-state index is -3.91. The first kappa shape index (κ1) is 16.7. The van der Waals surface area contributed by atoms with Crippen molar-refractivity contribution >= 4 is 15.9 Å². The van der Waals surface area contributed by atoms with E-state index in [1.807, 2.05) is 19.1 Å². The standard InChI is InChI=1S/C16H19N3O4S/c1-10-6-4-5-7-13(10)14-16(20)17-8-9-19(14)24(21,22)15-11(2)18-23-12(15)3/h4-7,14H,8-9H2,1-3H3,(H,17,20). The van der Waals surface area contributed by atoms with Crippen LogP contribution in [-0.4, -0.2) is 36.9 Å². The molecule has 8 heteroatoms. The van der Waals surface area contributed by atoms with Gasteiger partial charge in [-0.25, -0.2) is 8.42 Å². The monoisotopic (exact) mass is 349 g/mol. The Balaban J connectivity index is 2.14. The SMILES string of the molecule is Cc1ccccc1C1C(=O)NCCN1S(=O)(=O)c1c(C)noc1C. The van der Waals surface area contributed by atoms with Crippen LogP contribution in [0.1, 0.15) is 28.6 Å². The van der Waals surface area contributed by atoms with E-state index < -0.39 is 16.1 Å². The third kappa shape index (κ3) is 2.61. The normalized spacial score (nSPS) is 19.3. The van der Waals surface area contributed by atoms with E-state index in [-0.39, 0.29) is 29.7 Å². The number of rotatable bonds is 3. The highest BCUT2D eigenvalue weighted by molar-refractivity contribution is 7.89. The molecule has 2 heterocycles. The van der Waals surface area contributed by atoms with Gasteiger partial charge in [-0.15, -0.1) is 0 Å². The fourth-order valence-electron chi connectivity index (χ4n) is 3.05. The third-order valence-electron chi connectivity index (χ3n) is 4.19. The van der Waals surface area contributed by atoms with E-state index in [0.717, 1.165) is 5.56 Å². The maximum Gasteiger partial charge on any atom is 0.249 e. The zero-order valence-corrected chi connectivity index (χ0v) is 14.6. The Labute approximate surface area is 140 Å². The summed E-state index contributed by atoms with van der Waals surface area (Å²) in [5, 5.41) is 6.48. The average Bonchev–Trinajstić information content (AvgIpc) is 2.87. The summed E-state index contributed by atoms with van der Waals surface area (Å²) in [7, 11) is -3.91. The first-order valence-electron chi connectivity index (χ1n) is 7.62. The zero-order chi connectivity index (χ0) is 17.5. The average molecular weight is 349 g/mol. The quantitative estimate of drug-likeness (QED) is 0.906. The van der Waals surface area contributed by atoms with E-state index in [0.29, 0.717) is 11.3 Å². The fourth-order valence-corrected chi connectivity index (χ4v) is 4.92. The molecule has 0 bridgehead atoms.